The minimum atomic E-state index is -3.17. The summed E-state index contributed by atoms with van der Waals surface area (Å²) in [5.74, 6) is -1.65. The number of aryl methyl sites for hydroxylation is 1. The first-order valence-electron chi connectivity index (χ1n) is 11.9. The van der Waals surface area contributed by atoms with Crippen molar-refractivity contribution in [2.45, 2.75) is 25.9 Å². The van der Waals surface area contributed by atoms with E-state index in [1.165, 1.54) is 15.5 Å². The highest BCUT2D eigenvalue weighted by Gasteiger charge is 2.26. The van der Waals surface area contributed by atoms with Crippen LogP contribution in [0.25, 0.3) is 11.5 Å². The molecule has 1 aromatic heterocycles. The second-order valence-electron chi connectivity index (χ2n) is 8.74. The molecule has 2 aromatic rings. The van der Waals surface area contributed by atoms with Crippen LogP contribution in [0.3, 0.4) is 0 Å². The number of carbonyl (C=O) groups excluding carboxylic acids is 1. The number of sulfonamides is 1. The zero-order valence-electron chi connectivity index (χ0n) is 22.2. The molecule has 1 aromatic carbocycles. The van der Waals surface area contributed by atoms with Crippen LogP contribution < -0.4 is 4.90 Å². The highest BCUT2D eigenvalue weighted by Crippen LogP contribution is 2.29. The van der Waals surface area contributed by atoms with Gasteiger partial charge in [-0.15, -0.1) is 0 Å². The van der Waals surface area contributed by atoms with Gasteiger partial charge < -0.3 is 24.4 Å². The fourth-order valence-electron chi connectivity index (χ4n) is 3.51. The first-order valence-corrected chi connectivity index (χ1v) is 13.7. The average molecular weight is 568 g/mol. The van der Waals surface area contributed by atoms with E-state index in [1.807, 2.05) is 18.2 Å². The summed E-state index contributed by atoms with van der Waals surface area (Å²) in [6, 6.07) is 7.29. The third-order valence-corrected chi connectivity index (χ3v) is 7.08. The Balaban J connectivity index is 0.000000580. The third-order valence-electron chi connectivity index (χ3n) is 5.77. The fourth-order valence-corrected chi connectivity index (χ4v) is 3.93. The van der Waals surface area contributed by atoms with Crippen molar-refractivity contribution in [1.82, 2.24) is 19.3 Å². The number of nitrogens with zero attached hydrogens (tertiary/aromatic N) is 5. The number of carboxylic acids is 2. The number of piperidine rings is 1. The van der Waals surface area contributed by atoms with E-state index in [9.17, 15) is 22.8 Å². The number of aromatic nitrogens is 2. The quantitative estimate of drug-likeness (QED) is 0.419. The zero-order chi connectivity index (χ0) is 29.2. The van der Waals surface area contributed by atoms with Gasteiger partial charge in [-0.25, -0.2) is 27.1 Å². The number of amides is 1. The number of carboxylic acid groups (broad SMARTS) is 2. The molecule has 3 rings (SSSR count). The Labute approximate surface area is 226 Å². The number of para-hydroxylation sites is 1. The van der Waals surface area contributed by atoms with Gasteiger partial charge in [0.05, 0.1) is 17.5 Å². The molecule has 0 saturated carbocycles. The summed E-state index contributed by atoms with van der Waals surface area (Å²) >= 11 is 0. The van der Waals surface area contributed by atoms with Crippen LogP contribution in [0, 0.1) is 6.92 Å². The normalized spacial score (nSPS) is 14.6. The Morgan fingerprint density at radius 1 is 1.13 bits per heavy atom. The van der Waals surface area contributed by atoms with Gasteiger partial charge in [-0.2, -0.15) is 4.98 Å². The molecule has 1 amide bonds. The molecule has 1 aliphatic heterocycles. The summed E-state index contributed by atoms with van der Waals surface area (Å²) in [5, 5.41) is 19.4. The van der Waals surface area contributed by atoms with Gasteiger partial charge in [0, 0.05) is 52.4 Å². The Kier molecular flexibility index (Phi) is 11.6. The van der Waals surface area contributed by atoms with Crippen molar-refractivity contribution in [3.8, 4) is 11.5 Å². The van der Waals surface area contributed by atoms with Crippen molar-refractivity contribution in [3.63, 3.8) is 0 Å². The molecule has 0 radical (unpaired) electrons. The number of likely N-dealkylation sites (N-methyl/N-ethyl adjacent to an activating group) is 1. The van der Waals surface area contributed by atoms with Gasteiger partial charge in [-0.05, 0) is 31.9 Å². The minimum absolute atomic E-state index is 0.184. The molecule has 214 valence electrons. The van der Waals surface area contributed by atoms with E-state index < -0.39 is 28.1 Å². The Morgan fingerprint density at radius 2 is 1.72 bits per heavy atom. The number of ether oxygens (including phenoxy) is 1. The molecule has 2 heterocycles. The van der Waals surface area contributed by atoms with Crippen molar-refractivity contribution in [2.75, 3.05) is 51.4 Å². The molecule has 0 aliphatic carbocycles. The standard InChI is InChI=1S/C20H29N5O5S.C4H4O4/c1-15-21-19(30-22-15)17-7-5-6-8-18(17)24(3)20(26)29-16-9-11-25(12-10-16)14-13-23(2)31(4,27)28;5-3(6)1-2-4(7)8/h5-8,16H,9-14H2,1-4H3;1-2H,(H,5,6)(H,7,8)/b;2-1-. The predicted octanol–water partition coefficient (Wildman–Crippen LogP) is 1.69. The number of rotatable bonds is 9. The summed E-state index contributed by atoms with van der Waals surface area (Å²) < 4.78 is 35.3. The van der Waals surface area contributed by atoms with Crippen molar-refractivity contribution in [1.29, 1.82) is 0 Å². The largest absolute Gasteiger partial charge is 0.478 e. The number of benzene rings is 1. The van der Waals surface area contributed by atoms with Gasteiger partial charge in [-0.1, -0.05) is 17.3 Å². The highest BCUT2D eigenvalue weighted by atomic mass is 32.2. The van der Waals surface area contributed by atoms with E-state index >= 15 is 0 Å². The lowest BCUT2D eigenvalue weighted by atomic mass is 10.1. The van der Waals surface area contributed by atoms with Crippen LogP contribution in [0.15, 0.2) is 40.9 Å². The summed E-state index contributed by atoms with van der Waals surface area (Å²) in [4.78, 5) is 39.7. The van der Waals surface area contributed by atoms with Crippen LogP contribution in [0.4, 0.5) is 10.5 Å². The second-order valence-corrected chi connectivity index (χ2v) is 10.8. The molecule has 1 fully saturated rings. The molecule has 0 atom stereocenters. The lowest BCUT2D eigenvalue weighted by molar-refractivity contribution is -0.134. The van der Waals surface area contributed by atoms with Crippen LogP contribution in [-0.4, -0.2) is 109 Å². The van der Waals surface area contributed by atoms with Gasteiger partial charge in [-0.3, -0.25) is 4.90 Å². The molecule has 14 nitrogen and oxygen atoms in total. The fraction of sp³-hybridized carbons (Fsp3) is 0.458. The summed E-state index contributed by atoms with van der Waals surface area (Å²) in [7, 11) is 0.0580. The molecule has 1 saturated heterocycles. The van der Waals surface area contributed by atoms with E-state index in [-0.39, 0.29) is 6.10 Å². The van der Waals surface area contributed by atoms with Crippen LogP contribution in [-0.2, 0) is 24.3 Å². The molecule has 1 aliphatic rings. The maximum Gasteiger partial charge on any atom is 0.414 e. The smallest absolute Gasteiger partial charge is 0.414 e. The van der Waals surface area contributed by atoms with Crippen molar-refractivity contribution in [2.24, 2.45) is 0 Å². The van der Waals surface area contributed by atoms with Crippen molar-refractivity contribution >= 4 is 33.7 Å². The lowest BCUT2D eigenvalue weighted by Crippen LogP contribution is -2.43. The van der Waals surface area contributed by atoms with Crippen molar-refractivity contribution < 1.29 is 42.3 Å². The number of aliphatic carboxylic acids is 2. The number of hydrogen-bond donors (Lipinski definition) is 2. The summed E-state index contributed by atoms with van der Waals surface area (Å²) in [6.07, 6.45) is 3.09. The summed E-state index contributed by atoms with van der Waals surface area (Å²) in [6.45, 7) is 4.33. The molecule has 0 unspecified atom stereocenters. The predicted molar refractivity (Wildman–Crippen MR) is 141 cm³/mol. The van der Waals surface area contributed by atoms with Crippen LogP contribution in [0.5, 0.6) is 0 Å². The van der Waals surface area contributed by atoms with Crippen molar-refractivity contribution in [3.05, 3.63) is 42.2 Å². The molecular formula is C24H33N5O9S. The number of likely N-dealkylation sites (tertiary alicyclic amines) is 1. The Morgan fingerprint density at radius 3 is 2.23 bits per heavy atom. The summed E-state index contributed by atoms with van der Waals surface area (Å²) in [5.41, 5.74) is 1.28. The van der Waals surface area contributed by atoms with E-state index in [0.29, 0.717) is 61.0 Å². The maximum atomic E-state index is 12.8. The van der Waals surface area contributed by atoms with Crippen LogP contribution >= 0.6 is 0 Å². The van der Waals surface area contributed by atoms with E-state index in [2.05, 4.69) is 15.0 Å². The zero-order valence-corrected chi connectivity index (χ0v) is 23.0. The van der Waals surface area contributed by atoms with E-state index in [1.54, 1.807) is 27.1 Å². The molecule has 2 N–H and O–H groups in total. The molecule has 15 heteroatoms. The monoisotopic (exact) mass is 567 g/mol. The molecule has 0 spiro atoms. The Hall–Kier alpha value is -3.82. The van der Waals surface area contributed by atoms with Gasteiger partial charge in [0.1, 0.15) is 6.10 Å². The minimum Gasteiger partial charge on any atom is -0.478 e. The first-order chi connectivity index (χ1) is 18.3. The topological polar surface area (TPSA) is 184 Å². The number of hydrogen-bond acceptors (Lipinski definition) is 10. The van der Waals surface area contributed by atoms with E-state index in [0.717, 1.165) is 13.1 Å². The lowest BCUT2D eigenvalue weighted by Gasteiger charge is -2.33. The van der Waals surface area contributed by atoms with E-state index in [4.69, 9.17) is 19.5 Å². The average Bonchev–Trinajstić information content (AvgIpc) is 3.32. The SMILES string of the molecule is Cc1noc(-c2ccccc2N(C)C(=O)OC2CCN(CCN(C)S(C)(=O)=O)CC2)n1.O=C(O)/C=C\C(=O)O. The van der Waals surface area contributed by atoms with Gasteiger partial charge in [0.25, 0.3) is 5.89 Å². The van der Waals surface area contributed by atoms with Crippen LogP contribution in [0.2, 0.25) is 0 Å². The first kappa shape index (κ1) is 31.4. The molecular weight excluding hydrogens is 534 g/mol. The van der Waals surface area contributed by atoms with Gasteiger partial charge in [0.2, 0.25) is 10.0 Å². The van der Waals surface area contributed by atoms with Gasteiger partial charge in [0.15, 0.2) is 5.82 Å². The Bertz CT molecular complexity index is 1250. The number of carbonyl (C=O) groups is 3. The van der Waals surface area contributed by atoms with Crippen LogP contribution in [0.1, 0.15) is 18.7 Å². The molecule has 39 heavy (non-hydrogen) atoms. The molecule has 0 bridgehead atoms. The highest BCUT2D eigenvalue weighted by molar-refractivity contribution is 7.88. The number of anilines is 1. The van der Waals surface area contributed by atoms with Gasteiger partial charge >= 0.3 is 18.0 Å². The maximum absolute atomic E-state index is 12.8. The second kappa shape index (κ2) is 14.4. The third kappa shape index (κ3) is 10.5.